The molecule has 0 spiro atoms. The number of carbonyl (C=O) groups is 1. The minimum atomic E-state index is -0.176. The van der Waals surface area contributed by atoms with Gasteiger partial charge in [0.05, 0.1) is 10.7 Å². The number of aromatic nitrogens is 1. The molecule has 100 valence electrons. The Morgan fingerprint density at radius 1 is 1.26 bits per heavy atom. The number of carbonyl (C=O) groups excluding carboxylic acids is 1. The van der Waals surface area contributed by atoms with Crippen LogP contribution in [0.2, 0.25) is 0 Å². The van der Waals surface area contributed by atoms with Crippen LogP contribution in [0.1, 0.15) is 15.6 Å². The molecule has 0 bridgehead atoms. The third-order valence-corrected chi connectivity index (χ3v) is 3.80. The Bertz CT molecular complexity index is 551. The molecular weight excluding hydrogens is 258 g/mol. The molecule has 4 nitrogen and oxygen atoms in total. The number of hydrogen-bond acceptors (Lipinski definition) is 3. The summed E-state index contributed by atoms with van der Waals surface area (Å²) in [7, 11) is 0. The van der Waals surface area contributed by atoms with Crippen LogP contribution in [0, 0.1) is 13.8 Å². The van der Waals surface area contributed by atoms with Crippen molar-refractivity contribution in [2.24, 2.45) is 0 Å². The fourth-order valence-corrected chi connectivity index (χ4v) is 2.73. The Morgan fingerprint density at radius 2 is 2.00 bits per heavy atom. The van der Waals surface area contributed by atoms with Gasteiger partial charge in [-0.15, -0.1) is 11.3 Å². The van der Waals surface area contributed by atoms with E-state index >= 15 is 0 Å². The quantitative estimate of drug-likeness (QED) is 0.900. The van der Waals surface area contributed by atoms with Crippen molar-refractivity contribution >= 4 is 23.1 Å². The number of thiazole rings is 1. The fraction of sp³-hybridized carbons (Fsp3) is 0.286. The zero-order valence-corrected chi connectivity index (χ0v) is 11.9. The second-order valence-corrected chi connectivity index (χ2v) is 5.53. The molecule has 2 N–H and O–H groups in total. The topological polar surface area (TPSA) is 54.0 Å². The molecule has 5 heteroatoms. The Hall–Kier alpha value is -1.88. The van der Waals surface area contributed by atoms with Crippen molar-refractivity contribution in [3.05, 3.63) is 45.9 Å². The predicted octanol–water partition coefficient (Wildman–Crippen LogP) is 3.12. The van der Waals surface area contributed by atoms with Crippen LogP contribution in [0.5, 0.6) is 0 Å². The first-order valence-electron chi connectivity index (χ1n) is 6.18. The first-order valence-corrected chi connectivity index (χ1v) is 6.99. The van der Waals surface area contributed by atoms with Gasteiger partial charge in [-0.2, -0.15) is 0 Å². The van der Waals surface area contributed by atoms with E-state index in [1.807, 2.05) is 44.2 Å². The highest BCUT2D eigenvalue weighted by Gasteiger charge is 2.05. The monoisotopic (exact) mass is 275 g/mol. The summed E-state index contributed by atoms with van der Waals surface area (Å²) < 4.78 is 0. The number of urea groups is 1. The van der Waals surface area contributed by atoms with Crippen molar-refractivity contribution < 1.29 is 4.79 Å². The van der Waals surface area contributed by atoms with Gasteiger partial charge in [0.25, 0.3) is 0 Å². The Labute approximate surface area is 116 Å². The maximum Gasteiger partial charge on any atom is 0.319 e. The first kappa shape index (κ1) is 13.5. The number of benzene rings is 1. The summed E-state index contributed by atoms with van der Waals surface area (Å²) in [4.78, 5) is 17.3. The van der Waals surface area contributed by atoms with Gasteiger partial charge in [-0.1, -0.05) is 18.2 Å². The summed E-state index contributed by atoms with van der Waals surface area (Å²) in [5, 5.41) is 6.70. The van der Waals surface area contributed by atoms with E-state index in [0.717, 1.165) is 22.8 Å². The van der Waals surface area contributed by atoms with Crippen LogP contribution in [0.4, 0.5) is 10.5 Å². The number of nitrogens with zero attached hydrogens (tertiary/aromatic N) is 1. The normalized spacial score (nSPS) is 10.2. The number of anilines is 1. The third-order valence-electron chi connectivity index (χ3n) is 2.67. The van der Waals surface area contributed by atoms with Crippen molar-refractivity contribution in [2.75, 3.05) is 11.9 Å². The van der Waals surface area contributed by atoms with Gasteiger partial charge in [0.2, 0.25) is 0 Å². The lowest BCUT2D eigenvalue weighted by molar-refractivity contribution is 0.252. The maximum absolute atomic E-state index is 11.7. The van der Waals surface area contributed by atoms with E-state index in [9.17, 15) is 4.79 Å². The fourth-order valence-electron chi connectivity index (χ4n) is 1.79. The van der Waals surface area contributed by atoms with Gasteiger partial charge >= 0.3 is 6.03 Å². The molecule has 2 aromatic rings. The number of nitrogens with one attached hydrogen (secondary N) is 2. The summed E-state index contributed by atoms with van der Waals surface area (Å²) >= 11 is 1.69. The second-order valence-electron chi connectivity index (χ2n) is 4.24. The minimum absolute atomic E-state index is 0.176. The molecule has 19 heavy (non-hydrogen) atoms. The first-order chi connectivity index (χ1) is 9.15. The zero-order chi connectivity index (χ0) is 13.7. The van der Waals surface area contributed by atoms with Crippen LogP contribution in [-0.4, -0.2) is 17.6 Å². The van der Waals surface area contributed by atoms with Gasteiger partial charge in [0.1, 0.15) is 0 Å². The van der Waals surface area contributed by atoms with Gasteiger partial charge in [-0.25, -0.2) is 9.78 Å². The number of rotatable bonds is 4. The standard InChI is InChI=1S/C14H17N3OS/c1-10-13(19-11(2)16-10)8-9-15-14(18)17-12-6-4-3-5-7-12/h3-7H,8-9H2,1-2H3,(H2,15,17,18). The van der Waals surface area contributed by atoms with E-state index in [1.54, 1.807) is 11.3 Å². The lowest BCUT2D eigenvalue weighted by Crippen LogP contribution is -2.30. The summed E-state index contributed by atoms with van der Waals surface area (Å²) in [6.45, 7) is 4.61. The zero-order valence-electron chi connectivity index (χ0n) is 11.1. The Balaban J connectivity index is 1.77. The van der Waals surface area contributed by atoms with Crippen LogP contribution in [0.15, 0.2) is 30.3 Å². The van der Waals surface area contributed by atoms with Crippen LogP contribution in [-0.2, 0) is 6.42 Å². The van der Waals surface area contributed by atoms with Crippen molar-refractivity contribution in [2.45, 2.75) is 20.3 Å². The summed E-state index contributed by atoms with van der Waals surface area (Å²) in [6.07, 6.45) is 0.819. The van der Waals surface area contributed by atoms with Crippen LogP contribution < -0.4 is 10.6 Å². The molecule has 0 saturated carbocycles. The van der Waals surface area contributed by atoms with Gasteiger partial charge in [-0.3, -0.25) is 0 Å². The molecule has 0 fully saturated rings. The molecule has 2 rings (SSSR count). The molecule has 0 radical (unpaired) electrons. The van der Waals surface area contributed by atoms with Crippen LogP contribution in [0.3, 0.4) is 0 Å². The molecule has 1 aromatic carbocycles. The van der Waals surface area contributed by atoms with Crippen molar-refractivity contribution in [3.63, 3.8) is 0 Å². The Kier molecular flexibility index (Phi) is 4.52. The summed E-state index contributed by atoms with van der Waals surface area (Å²) in [5.41, 5.74) is 1.86. The van der Waals surface area contributed by atoms with E-state index in [4.69, 9.17) is 0 Å². The number of para-hydroxylation sites is 1. The van der Waals surface area contributed by atoms with Gasteiger partial charge < -0.3 is 10.6 Å². The molecule has 0 aliphatic heterocycles. The van der Waals surface area contributed by atoms with Crippen LogP contribution in [0.25, 0.3) is 0 Å². The Morgan fingerprint density at radius 3 is 2.63 bits per heavy atom. The lowest BCUT2D eigenvalue weighted by atomic mass is 10.3. The second kappa shape index (κ2) is 6.33. The van der Waals surface area contributed by atoms with Crippen molar-refractivity contribution in [1.29, 1.82) is 0 Å². The summed E-state index contributed by atoms with van der Waals surface area (Å²) in [5.74, 6) is 0. The molecule has 0 aliphatic carbocycles. The van der Waals surface area contributed by atoms with E-state index in [1.165, 1.54) is 4.88 Å². The van der Waals surface area contributed by atoms with Crippen molar-refractivity contribution in [3.8, 4) is 0 Å². The molecule has 0 saturated heterocycles. The smallest absolute Gasteiger partial charge is 0.319 e. The maximum atomic E-state index is 11.7. The minimum Gasteiger partial charge on any atom is -0.338 e. The predicted molar refractivity (Wildman–Crippen MR) is 78.8 cm³/mol. The van der Waals surface area contributed by atoms with E-state index in [0.29, 0.717) is 6.54 Å². The SMILES string of the molecule is Cc1nc(C)c(CCNC(=O)Nc2ccccc2)s1. The highest BCUT2D eigenvalue weighted by atomic mass is 32.1. The largest absolute Gasteiger partial charge is 0.338 e. The molecule has 0 unspecified atom stereocenters. The van der Waals surface area contributed by atoms with Gasteiger partial charge in [0, 0.05) is 23.5 Å². The number of aryl methyl sites for hydroxylation is 2. The van der Waals surface area contributed by atoms with Crippen molar-refractivity contribution in [1.82, 2.24) is 10.3 Å². The average Bonchev–Trinajstić information content (AvgIpc) is 2.69. The molecular formula is C14H17N3OS. The van der Waals surface area contributed by atoms with Crippen LogP contribution >= 0.6 is 11.3 Å². The molecule has 0 aliphatic rings. The number of hydrogen-bond donors (Lipinski definition) is 2. The van der Waals surface area contributed by atoms with E-state index < -0.39 is 0 Å². The molecule has 1 heterocycles. The van der Waals surface area contributed by atoms with E-state index in [-0.39, 0.29) is 6.03 Å². The molecule has 0 atom stereocenters. The van der Waals surface area contributed by atoms with Gasteiger partial charge in [0.15, 0.2) is 0 Å². The molecule has 2 amide bonds. The summed E-state index contributed by atoms with van der Waals surface area (Å²) in [6, 6.07) is 9.23. The lowest BCUT2D eigenvalue weighted by Gasteiger charge is -2.06. The highest BCUT2D eigenvalue weighted by Crippen LogP contribution is 2.17. The highest BCUT2D eigenvalue weighted by molar-refractivity contribution is 7.11. The third kappa shape index (κ3) is 4.06. The number of amides is 2. The van der Waals surface area contributed by atoms with Gasteiger partial charge in [-0.05, 0) is 26.0 Å². The average molecular weight is 275 g/mol. The molecule has 1 aromatic heterocycles. The van der Waals surface area contributed by atoms with E-state index in [2.05, 4.69) is 15.6 Å².